The second kappa shape index (κ2) is 14.2. The summed E-state index contributed by atoms with van der Waals surface area (Å²) in [6, 6.07) is 17.5. The van der Waals surface area contributed by atoms with Crippen molar-refractivity contribution in [1.82, 2.24) is 10.2 Å². The lowest BCUT2D eigenvalue weighted by molar-refractivity contribution is -0.140. The monoisotopic (exact) mass is 617 g/mol. The van der Waals surface area contributed by atoms with E-state index < -0.39 is 28.5 Å². The number of sulfonamides is 1. The SMILES string of the molecule is CC[C@H](C)NC(=O)[C@H](CC)N(Cc1ccc(Cl)c(Cl)c1)C(=O)CN(c1ccc(C)cc1C)S(=O)(=O)c1ccccc1. The topological polar surface area (TPSA) is 86.8 Å². The molecule has 7 nitrogen and oxygen atoms in total. The first-order valence-electron chi connectivity index (χ1n) is 13.6. The molecule has 2 atom stereocenters. The van der Waals surface area contributed by atoms with Crippen molar-refractivity contribution in [2.24, 2.45) is 0 Å². The molecule has 10 heteroatoms. The zero-order chi connectivity index (χ0) is 30.3. The van der Waals surface area contributed by atoms with Crippen LogP contribution in [0.15, 0.2) is 71.6 Å². The zero-order valence-electron chi connectivity index (χ0n) is 24.0. The molecule has 0 aliphatic rings. The van der Waals surface area contributed by atoms with Gasteiger partial charge in [-0.2, -0.15) is 0 Å². The van der Waals surface area contributed by atoms with Crippen LogP contribution >= 0.6 is 23.2 Å². The minimum atomic E-state index is -4.13. The number of rotatable bonds is 12. The van der Waals surface area contributed by atoms with Gasteiger partial charge < -0.3 is 10.2 Å². The molecule has 3 rings (SSSR count). The van der Waals surface area contributed by atoms with Crippen LogP contribution in [-0.2, 0) is 26.2 Å². The maximum absolute atomic E-state index is 14.2. The lowest BCUT2D eigenvalue weighted by Crippen LogP contribution is -2.53. The van der Waals surface area contributed by atoms with E-state index in [2.05, 4.69) is 5.32 Å². The fourth-order valence-electron chi connectivity index (χ4n) is 4.51. The van der Waals surface area contributed by atoms with E-state index in [1.807, 2.05) is 46.8 Å². The summed E-state index contributed by atoms with van der Waals surface area (Å²) in [6.45, 7) is 8.92. The summed E-state index contributed by atoms with van der Waals surface area (Å²) in [5.74, 6) is -0.832. The van der Waals surface area contributed by atoms with E-state index in [0.29, 0.717) is 33.3 Å². The van der Waals surface area contributed by atoms with Crippen LogP contribution < -0.4 is 9.62 Å². The van der Waals surface area contributed by atoms with Gasteiger partial charge in [0.2, 0.25) is 11.8 Å². The van der Waals surface area contributed by atoms with Crippen molar-refractivity contribution in [2.75, 3.05) is 10.8 Å². The van der Waals surface area contributed by atoms with Gasteiger partial charge in [0.1, 0.15) is 12.6 Å². The van der Waals surface area contributed by atoms with Crippen LogP contribution in [-0.4, -0.2) is 43.8 Å². The molecular weight excluding hydrogens is 581 g/mol. The van der Waals surface area contributed by atoms with Gasteiger partial charge in [0.15, 0.2) is 0 Å². The van der Waals surface area contributed by atoms with E-state index in [1.165, 1.54) is 17.0 Å². The van der Waals surface area contributed by atoms with Crippen LogP contribution in [0.2, 0.25) is 10.0 Å². The molecule has 0 radical (unpaired) electrons. The van der Waals surface area contributed by atoms with Gasteiger partial charge in [-0.1, -0.05) is 79.0 Å². The highest BCUT2D eigenvalue weighted by Crippen LogP contribution is 2.29. The third-order valence-corrected chi connectivity index (χ3v) is 9.47. The van der Waals surface area contributed by atoms with Gasteiger partial charge in [0, 0.05) is 12.6 Å². The summed E-state index contributed by atoms with van der Waals surface area (Å²) in [5, 5.41) is 3.65. The molecule has 0 spiro atoms. The minimum absolute atomic E-state index is 0.0360. The maximum atomic E-state index is 14.2. The Morgan fingerprint density at radius 1 is 0.902 bits per heavy atom. The molecule has 0 bridgehead atoms. The molecule has 1 N–H and O–H groups in total. The summed E-state index contributed by atoms with van der Waals surface area (Å²) < 4.78 is 29.1. The molecular formula is C31H37Cl2N3O4S. The third kappa shape index (κ3) is 8.03. The molecule has 41 heavy (non-hydrogen) atoms. The number of nitrogens with one attached hydrogen (secondary N) is 1. The van der Waals surface area contributed by atoms with E-state index in [0.717, 1.165) is 16.3 Å². The van der Waals surface area contributed by atoms with E-state index in [1.54, 1.807) is 42.5 Å². The fraction of sp³-hybridized carbons (Fsp3) is 0.355. The van der Waals surface area contributed by atoms with Crippen molar-refractivity contribution in [2.45, 2.75) is 71.0 Å². The molecule has 0 aliphatic heterocycles. The zero-order valence-corrected chi connectivity index (χ0v) is 26.4. The molecule has 0 unspecified atom stereocenters. The van der Waals surface area contributed by atoms with Crippen molar-refractivity contribution >= 4 is 50.7 Å². The Hall–Kier alpha value is -3.07. The molecule has 3 aromatic rings. The van der Waals surface area contributed by atoms with Crippen LogP contribution in [0.5, 0.6) is 0 Å². The molecule has 0 aromatic heterocycles. The van der Waals surface area contributed by atoms with Gasteiger partial charge in [-0.05, 0) is 75.1 Å². The smallest absolute Gasteiger partial charge is 0.264 e. The average molecular weight is 619 g/mol. The summed E-state index contributed by atoms with van der Waals surface area (Å²) in [7, 11) is -4.13. The van der Waals surface area contributed by atoms with Crippen molar-refractivity contribution in [3.63, 3.8) is 0 Å². The minimum Gasteiger partial charge on any atom is -0.352 e. The standard InChI is InChI=1S/C31H37Cl2N3O4S/c1-6-23(5)34-31(38)28(7-2)35(19-24-14-15-26(32)27(33)18-24)30(37)20-36(29-16-13-21(3)17-22(29)4)41(39,40)25-11-9-8-10-12-25/h8-18,23,28H,6-7,19-20H2,1-5H3,(H,34,38)/t23-,28-/m0/s1. The number of aryl methyl sites for hydroxylation is 2. The third-order valence-electron chi connectivity index (χ3n) is 6.95. The lowest BCUT2D eigenvalue weighted by Gasteiger charge is -2.34. The Morgan fingerprint density at radius 2 is 1.59 bits per heavy atom. The van der Waals surface area contributed by atoms with Gasteiger partial charge >= 0.3 is 0 Å². The van der Waals surface area contributed by atoms with Crippen LogP contribution in [0.1, 0.15) is 50.3 Å². The van der Waals surface area contributed by atoms with Gasteiger partial charge in [-0.15, -0.1) is 0 Å². The first kappa shape index (κ1) is 32.4. The predicted octanol–water partition coefficient (Wildman–Crippen LogP) is 6.53. The van der Waals surface area contributed by atoms with Crippen molar-refractivity contribution < 1.29 is 18.0 Å². The van der Waals surface area contributed by atoms with E-state index in [4.69, 9.17) is 23.2 Å². The number of anilines is 1. The highest BCUT2D eigenvalue weighted by molar-refractivity contribution is 7.92. The summed E-state index contributed by atoms with van der Waals surface area (Å²) in [4.78, 5) is 29.0. The van der Waals surface area contributed by atoms with Crippen molar-refractivity contribution in [3.05, 3.63) is 93.5 Å². The fourth-order valence-corrected chi connectivity index (χ4v) is 6.33. The second-order valence-corrected chi connectivity index (χ2v) is 12.8. The first-order valence-corrected chi connectivity index (χ1v) is 15.8. The van der Waals surface area contributed by atoms with Gasteiger partial charge in [-0.25, -0.2) is 8.42 Å². The van der Waals surface area contributed by atoms with E-state index in [-0.39, 0.29) is 23.4 Å². The summed E-state index contributed by atoms with van der Waals surface area (Å²) >= 11 is 12.4. The number of carbonyl (C=O) groups excluding carboxylic acids is 2. The van der Waals surface area contributed by atoms with E-state index in [9.17, 15) is 18.0 Å². The Labute approximate surface area is 253 Å². The molecule has 0 heterocycles. The quantitative estimate of drug-likeness (QED) is 0.250. The Balaban J connectivity index is 2.10. The van der Waals surface area contributed by atoms with Crippen molar-refractivity contribution in [1.29, 1.82) is 0 Å². The largest absolute Gasteiger partial charge is 0.352 e. The van der Waals surface area contributed by atoms with Gasteiger partial charge in [-0.3, -0.25) is 13.9 Å². The molecule has 0 aliphatic carbocycles. The van der Waals surface area contributed by atoms with E-state index >= 15 is 0 Å². The van der Waals surface area contributed by atoms with Crippen LogP contribution in [0.3, 0.4) is 0 Å². The number of hydrogen-bond acceptors (Lipinski definition) is 4. The molecule has 0 saturated heterocycles. The highest BCUT2D eigenvalue weighted by atomic mass is 35.5. The summed E-state index contributed by atoms with van der Waals surface area (Å²) in [6.07, 6.45) is 1.04. The highest BCUT2D eigenvalue weighted by Gasteiger charge is 2.34. The lowest BCUT2D eigenvalue weighted by atomic mass is 10.1. The van der Waals surface area contributed by atoms with Crippen LogP contribution in [0.25, 0.3) is 0 Å². The number of carbonyl (C=O) groups is 2. The Kier molecular flexibility index (Phi) is 11.2. The molecule has 3 aromatic carbocycles. The molecule has 220 valence electrons. The Morgan fingerprint density at radius 3 is 2.17 bits per heavy atom. The number of halogens is 2. The first-order chi connectivity index (χ1) is 19.4. The molecule has 2 amide bonds. The number of benzene rings is 3. The number of hydrogen-bond donors (Lipinski definition) is 1. The van der Waals surface area contributed by atoms with Gasteiger partial charge in [0.25, 0.3) is 10.0 Å². The normalized spacial score (nSPS) is 12.9. The molecule has 0 fully saturated rings. The average Bonchev–Trinajstić information content (AvgIpc) is 2.94. The molecule has 0 saturated carbocycles. The van der Waals surface area contributed by atoms with Crippen LogP contribution in [0, 0.1) is 13.8 Å². The second-order valence-electron chi connectivity index (χ2n) is 10.1. The van der Waals surface area contributed by atoms with Crippen LogP contribution in [0.4, 0.5) is 5.69 Å². The number of nitrogens with zero attached hydrogens (tertiary/aromatic N) is 2. The number of amides is 2. The Bertz CT molecular complexity index is 1480. The summed E-state index contributed by atoms with van der Waals surface area (Å²) in [5.41, 5.74) is 2.71. The maximum Gasteiger partial charge on any atom is 0.264 e. The van der Waals surface area contributed by atoms with Crippen molar-refractivity contribution in [3.8, 4) is 0 Å². The van der Waals surface area contributed by atoms with Gasteiger partial charge in [0.05, 0.1) is 20.6 Å². The predicted molar refractivity (Wildman–Crippen MR) is 166 cm³/mol.